The van der Waals surface area contributed by atoms with Gasteiger partial charge in [0, 0.05) is 16.1 Å². The van der Waals surface area contributed by atoms with Gasteiger partial charge in [0.1, 0.15) is 5.75 Å². The summed E-state index contributed by atoms with van der Waals surface area (Å²) in [6.45, 7) is 0. The third-order valence-corrected chi connectivity index (χ3v) is 3.47. The molecule has 96 valence electrons. The molecule has 2 rings (SSSR count). The lowest BCUT2D eigenvalue weighted by Crippen LogP contribution is -2.11. The molecule has 0 heterocycles. The van der Waals surface area contributed by atoms with Crippen LogP contribution in [0, 0.1) is 0 Å². The maximum Gasteiger partial charge on any atom is 0.328 e. The molecule has 0 aliphatic heterocycles. The summed E-state index contributed by atoms with van der Waals surface area (Å²) in [6, 6.07) is 5.65. The van der Waals surface area contributed by atoms with Crippen LogP contribution in [0.5, 0.6) is 5.75 Å². The molecule has 0 saturated heterocycles. The molecule has 1 aliphatic rings. The third kappa shape index (κ3) is 3.60. The summed E-state index contributed by atoms with van der Waals surface area (Å²) in [5, 5.41) is 8.68. The molecule has 1 aromatic rings. The van der Waals surface area contributed by atoms with E-state index in [9.17, 15) is 4.79 Å². The second-order valence-corrected chi connectivity index (χ2v) is 5.29. The maximum atomic E-state index is 10.6. The number of carbonyl (C=O) groups is 1. The molecule has 0 bridgehead atoms. The van der Waals surface area contributed by atoms with E-state index in [0.29, 0.717) is 0 Å². The lowest BCUT2D eigenvalue weighted by atomic mass is 10.2. The van der Waals surface area contributed by atoms with Crippen molar-refractivity contribution in [1.82, 2.24) is 0 Å². The molecule has 1 aromatic carbocycles. The van der Waals surface area contributed by atoms with Crippen molar-refractivity contribution in [2.75, 3.05) is 0 Å². The van der Waals surface area contributed by atoms with E-state index in [1.165, 1.54) is 12.8 Å². The number of halogens is 1. The summed E-state index contributed by atoms with van der Waals surface area (Å²) >= 11 is 3.38. The van der Waals surface area contributed by atoms with E-state index >= 15 is 0 Å². The molecule has 0 atom stereocenters. The van der Waals surface area contributed by atoms with Crippen molar-refractivity contribution in [1.29, 1.82) is 0 Å². The summed E-state index contributed by atoms with van der Waals surface area (Å²) in [5.74, 6) is -0.204. The molecule has 0 aromatic heterocycles. The van der Waals surface area contributed by atoms with Crippen molar-refractivity contribution in [2.45, 2.75) is 31.8 Å². The fourth-order valence-electron chi connectivity index (χ4n) is 2.10. The molecule has 4 heteroatoms. The van der Waals surface area contributed by atoms with E-state index in [1.807, 2.05) is 18.2 Å². The van der Waals surface area contributed by atoms with E-state index < -0.39 is 5.97 Å². The number of aliphatic carboxylic acids is 1. The van der Waals surface area contributed by atoms with Crippen LogP contribution in [0.4, 0.5) is 0 Å². The number of ether oxygens (including phenoxy) is 1. The molecule has 1 saturated carbocycles. The van der Waals surface area contributed by atoms with Gasteiger partial charge in [0.25, 0.3) is 0 Å². The molecule has 0 radical (unpaired) electrons. The first-order valence-corrected chi connectivity index (χ1v) is 6.81. The third-order valence-electron chi connectivity index (χ3n) is 2.97. The maximum absolute atomic E-state index is 10.6. The Morgan fingerprint density at radius 3 is 2.78 bits per heavy atom. The second kappa shape index (κ2) is 6.05. The smallest absolute Gasteiger partial charge is 0.328 e. The molecule has 0 unspecified atom stereocenters. The van der Waals surface area contributed by atoms with Crippen LogP contribution in [-0.4, -0.2) is 17.2 Å². The first-order chi connectivity index (χ1) is 8.65. The topological polar surface area (TPSA) is 46.5 Å². The van der Waals surface area contributed by atoms with Crippen LogP contribution in [0.2, 0.25) is 0 Å². The van der Waals surface area contributed by atoms with E-state index in [2.05, 4.69) is 15.9 Å². The first kappa shape index (κ1) is 13.1. The highest BCUT2D eigenvalue weighted by molar-refractivity contribution is 9.10. The Balaban J connectivity index is 2.19. The monoisotopic (exact) mass is 310 g/mol. The Labute approximate surface area is 115 Å². The summed E-state index contributed by atoms with van der Waals surface area (Å²) < 4.78 is 6.84. The van der Waals surface area contributed by atoms with Gasteiger partial charge in [-0.15, -0.1) is 0 Å². The van der Waals surface area contributed by atoms with Crippen LogP contribution >= 0.6 is 15.9 Å². The van der Waals surface area contributed by atoms with Crippen LogP contribution in [0.15, 0.2) is 28.7 Å². The van der Waals surface area contributed by atoms with Crippen molar-refractivity contribution in [3.63, 3.8) is 0 Å². The highest BCUT2D eigenvalue weighted by Gasteiger charge is 2.17. The van der Waals surface area contributed by atoms with Gasteiger partial charge >= 0.3 is 5.97 Å². The minimum atomic E-state index is -0.957. The number of rotatable bonds is 4. The van der Waals surface area contributed by atoms with Crippen molar-refractivity contribution >= 4 is 28.0 Å². The van der Waals surface area contributed by atoms with E-state index in [-0.39, 0.29) is 6.10 Å². The molecule has 18 heavy (non-hydrogen) atoms. The van der Waals surface area contributed by atoms with Gasteiger partial charge in [0.2, 0.25) is 0 Å². The van der Waals surface area contributed by atoms with Crippen molar-refractivity contribution in [3.8, 4) is 5.75 Å². The van der Waals surface area contributed by atoms with Gasteiger partial charge in [0.15, 0.2) is 0 Å². The van der Waals surface area contributed by atoms with Crippen LogP contribution < -0.4 is 4.74 Å². The zero-order valence-corrected chi connectivity index (χ0v) is 11.5. The van der Waals surface area contributed by atoms with Crippen LogP contribution in [0.25, 0.3) is 6.08 Å². The number of benzene rings is 1. The summed E-state index contributed by atoms with van der Waals surface area (Å²) in [5.41, 5.74) is 0.790. The van der Waals surface area contributed by atoms with Gasteiger partial charge < -0.3 is 9.84 Å². The Morgan fingerprint density at radius 2 is 2.11 bits per heavy atom. The van der Waals surface area contributed by atoms with Gasteiger partial charge in [-0.2, -0.15) is 0 Å². The van der Waals surface area contributed by atoms with Gasteiger partial charge in [0.05, 0.1) is 6.10 Å². The predicted molar refractivity (Wildman–Crippen MR) is 73.7 cm³/mol. The van der Waals surface area contributed by atoms with Crippen molar-refractivity contribution in [3.05, 3.63) is 34.3 Å². The molecular formula is C14H15BrO3. The van der Waals surface area contributed by atoms with Crippen LogP contribution in [0.3, 0.4) is 0 Å². The van der Waals surface area contributed by atoms with Gasteiger partial charge in [-0.05, 0) is 50.0 Å². The molecule has 0 spiro atoms. The Kier molecular flexibility index (Phi) is 4.42. The molecule has 1 aliphatic carbocycles. The molecule has 1 fully saturated rings. The first-order valence-electron chi connectivity index (χ1n) is 6.02. The SMILES string of the molecule is O=C(O)/C=C\c1cc(Br)ccc1OC1CCCC1. The minimum Gasteiger partial charge on any atom is -0.490 e. The van der Waals surface area contributed by atoms with Gasteiger partial charge in [-0.25, -0.2) is 4.79 Å². The quantitative estimate of drug-likeness (QED) is 0.859. The fourth-order valence-corrected chi connectivity index (χ4v) is 2.48. The normalized spacial score (nSPS) is 16.3. The number of hydrogen-bond donors (Lipinski definition) is 1. The standard InChI is InChI=1S/C14H15BrO3/c15-11-6-7-13(18-12-3-1-2-4-12)10(9-11)5-8-14(16)17/h5-9,12H,1-4H2,(H,16,17)/b8-5-. The Hall–Kier alpha value is -1.29. The fraction of sp³-hybridized carbons (Fsp3) is 0.357. The molecule has 1 N–H and O–H groups in total. The highest BCUT2D eigenvalue weighted by atomic mass is 79.9. The molecular weight excluding hydrogens is 296 g/mol. The largest absolute Gasteiger partial charge is 0.490 e. The summed E-state index contributed by atoms with van der Waals surface area (Å²) in [7, 11) is 0. The number of carboxylic acid groups (broad SMARTS) is 1. The Morgan fingerprint density at radius 1 is 1.39 bits per heavy atom. The average Bonchev–Trinajstić information content (AvgIpc) is 2.82. The summed E-state index contributed by atoms with van der Waals surface area (Å²) in [6.07, 6.45) is 7.54. The van der Waals surface area contributed by atoms with Crippen molar-refractivity contribution in [2.24, 2.45) is 0 Å². The number of carboxylic acids is 1. The number of hydrogen-bond acceptors (Lipinski definition) is 2. The highest BCUT2D eigenvalue weighted by Crippen LogP contribution is 2.29. The van der Waals surface area contributed by atoms with E-state index in [0.717, 1.165) is 34.7 Å². The Bertz CT molecular complexity index is 462. The zero-order valence-electron chi connectivity index (χ0n) is 9.93. The second-order valence-electron chi connectivity index (χ2n) is 4.38. The van der Waals surface area contributed by atoms with Crippen LogP contribution in [-0.2, 0) is 4.79 Å². The molecule has 0 amide bonds. The van der Waals surface area contributed by atoms with Gasteiger partial charge in [-0.1, -0.05) is 15.9 Å². The average molecular weight is 311 g/mol. The van der Waals surface area contributed by atoms with E-state index in [1.54, 1.807) is 6.08 Å². The van der Waals surface area contributed by atoms with Crippen molar-refractivity contribution < 1.29 is 14.6 Å². The predicted octanol–water partition coefficient (Wildman–Crippen LogP) is 3.87. The lowest BCUT2D eigenvalue weighted by Gasteiger charge is -2.15. The summed E-state index contributed by atoms with van der Waals surface area (Å²) in [4.78, 5) is 10.6. The lowest BCUT2D eigenvalue weighted by molar-refractivity contribution is -0.131. The molecule has 3 nitrogen and oxygen atoms in total. The van der Waals surface area contributed by atoms with Gasteiger partial charge in [-0.3, -0.25) is 0 Å². The minimum absolute atomic E-state index is 0.267. The van der Waals surface area contributed by atoms with Crippen LogP contribution in [0.1, 0.15) is 31.2 Å². The van der Waals surface area contributed by atoms with E-state index in [4.69, 9.17) is 9.84 Å². The zero-order chi connectivity index (χ0) is 13.0.